The lowest BCUT2D eigenvalue weighted by molar-refractivity contribution is 0.0415. The Hall–Kier alpha value is -2.09. The average molecular weight is 369 g/mol. The molecule has 0 aromatic heterocycles. The van der Waals surface area contributed by atoms with Crippen molar-refractivity contribution in [2.75, 3.05) is 20.2 Å². The van der Waals surface area contributed by atoms with Gasteiger partial charge in [0.25, 0.3) is 0 Å². The van der Waals surface area contributed by atoms with Crippen LogP contribution in [0.15, 0.2) is 16.8 Å². The maximum Gasteiger partial charge on any atom is 0.437 e. The predicted octanol–water partition coefficient (Wildman–Crippen LogP) is 3.12. The van der Waals surface area contributed by atoms with Crippen LogP contribution in [0.5, 0.6) is 0 Å². The molecule has 0 aromatic rings. The van der Waals surface area contributed by atoms with E-state index in [1.54, 1.807) is 53.5 Å². The molecule has 0 bridgehead atoms. The highest BCUT2D eigenvalue weighted by atomic mass is 16.6. The highest BCUT2D eigenvalue weighted by molar-refractivity contribution is 6.02. The van der Waals surface area contributed by atoms with E-state index in [1.165, 1.54) is 4.90 Å². The quantitative estimate of drug-likeness (QED) is 0.769. The minimum absolute atomic E-state index is 0.0604. The van der Waals surface area contributed by atoms with Crippen LogP contribution >= 0.6 is 0 Å². The van der Waals surface area contributed by atoms with Crippen molar-refractivity contribution in [2.45, 2.75) is 65.6 Å². The summed E-state index contributed by atoms with van der Waals surface area (Å²) >= 11 is 0. The Bertz CT molecular complexity index is 585. The number of likely N-dealkylation sites (N-methyl/N-ethyl adjacent to an activating group) is 1. The van der Waals surface area contributed by atoms with Gasteiger partial charge in [0.05, 0.1) is 6.54 Å². The van der Waals surface area contributed by atoms with Crippen molar-refractivity contribution in [3.05, 3.63) is 11.8 Å². The fourth-order valence-corrected chi connectivity index (χ4v) is 2.21. The number of aliphatic imine (C=N–C) groups is 1. The van der Waals surface area contributed by atoms with Crippen LogP contribution < -0.4 is 0 Å². The van der Waals surface area contributed by atoms with Crippen LogP contribution in [-0.2, 0) is 9.47 Å². The highest BCUT2D eigenvalue weighted by Crippen LogP contribution is 2.23. The SMILES string of the molecule is CN1C/C(=C/CCCO)N(C(=O)OC(C)(C)C)/C1=N/C(=O)OC(C)(C)C. The van der Waals surface area contributed by atoms with Gasteiger partial charge in [-0.2, -0.15) is 0 Å². The van der Waals surface area contributed by atoms with E-state index in [1.807, 2.05) is 6.08 Å². The minimum atomic E-state index is -0.774. The molecule has 1 saturated heterocycles. The lowest BCUT2D eigenvalue weighted by Crippen LogP contribution is -2.40. The first-order chi connectivity index (χ1) is 11.8. The molecule has 26 heavy (non-hydrogen) atoms. The van der Waals surface area contributed by atoms with Crippen LogP contribution in [0.2, 0.25) is 0 Å². The molecule has 0 atom stereocenters. The Labute approximate surface area is 155 Å². The Morgan fingerprint density at radius 3 is 2.23 bits per heavy atom. The Balaban J connectivity index is 3.17. The van der Waals surface area contributed by atoms with Crippen LogP contribution in [0.4, 0.5) is 9.59 Å². The van der Waals surface area contributed by atoms with E-state index in [4.69, 9.17) is 14.6 Å². The van der Waals surface area contributed by atoms with Gasteiger partial charge in [-0.3, -0.25) is 0 Å². The van der Waals surface area contributed by atoms with Gasteiger partial charge in [0.15, 0.2) is 0 Å². The van der Waals surface area contributed by atoms with Gasteiger partial charge in [-0.05, 0) is 54.4 Å². The molecule has 8 heteroatoms. The van der Waals surface area contributed by atoms with Gasteiger partial charge in [0.1, 0.15) is 11.2 Å². The summed E-state index contributed by atoms with van der Waals surface area (Å²) in [5.74, 6) is 0.156. The maximum atomic E-state index is 12.7. The number of carbonyl (C=O) groups is 2. The van der Waals surface area contributed by atoms with Crippen molar-refractivity contribution in [2.24, 2.45) is 4.99 Å². The normalized spacial score (nSPS) is 18.6. The van der Waals surface area contributed by atoms with Crippen molar-refractivity contribution in [3.8, 4) is 0 Å². The number of allylic oxidation sites excluding steroid dienone is 1. The van der Waals surface area contributed by atoms with E-state index < -0.39 is 23.4 Å². The number of aliphatic hydroxyl groups excluding tert-OH is 1. The molecule has 148 valence electrons. The number of nitrogens with zero attached hydrogens (tertiary/aromatic N) is 3. The van der Waals surface area contributed by atoms with Gasteiger partial charge in [-0.15, -0.1) is 4.99 Å². The number of rotatable bonds is 3. The largest absolute Gasteiger partial charge is 0.443 e. The molecule has 1 aliphatic rings. The molecule has 1 aliphatic heterocycles. The van der Waals surface area contributed by atoms with Gasteiger partial charge < -0.3 is 19.5 Å². The summed E-state index contributed by atoms with van der Waals surface area (Å²) in [6.07, 6.45) is 1.63. The van der Waals surface area contributed by atoms with Gasteiger partial charge >= 0.3 is 12.2 Å². The third-order valence-corrected chi connectivity index (χ3v) is 3.13. The number of guanidine groups is 1. The zero-order chi connectivity index (χ0) is 20.1. The van der Waals surface area contributed by atoms with Crippen LogP contribution in [0.1, 0.15) is 54.4 Å². The molecule has 1 heterocycles. The van der Waals surface area contributed by atoms with Crippen molar-refractivity contribution in [1.82, 2.24) is 9.80 Å². The molecular weight excluding hydrogens is 338 g/mol. The molecule has 0 radical (unpaired) electrons. The highest BCUT2D eigenvalue weighted by Gasteiger charge is 2.37. The zero-order valence-electron chi connectivity index (χ0n) is 16.8. The lowest BCUT2D eigenvalue weighted by Gasteiger charge is -2.25. The predicted molar refractivity (Wildman–Crippen MR) is 98.8 cm³/mol. The van der Waals surface area contributed by atoms with Crippen molar-refractivity contribution >= 4 is 18.1 Å². The molecule has 1 fully saturated rings. The van der Waals surface area contributed by atoms with Crippen LogP contribution in [0.25, 0.3) is 0 Å². The summed E-state index contributed by atoms with van der Waals surface area (Å²) in [5, 5.41) is 8.97. The second-order valence-corrected chi connectivity index (χ2v) is 8.13. The van der Waals surface area contributed by atoms with Gasteiger partial charge in [-0.1, -0.05) is 6.08 Å². The molecule has 2 amide bonds. The summed E-state index contributed by atoms with van der Waals surface area (Å²) in [7, 11) is 1.73. The Morgan fingerprint density at radius 2 is 1.73 bits per heavy atom. The van der Waals surface area contributed by atoms with Gasteiger partial charge in [0, 0.05) is 19.4 Å². The lowest BCUT2D eigenvalue weighted by atomic mass is 10.2. The monoisotopic (exact) mass is 369 g/mol. The van der Waals surface area contributed by atoms with Crippen LogP contribution in [-0.4, -0.2) is 64.5 Å². The number of aliphatic hydroxyl groups is 1. The Morgan fingerprint density at radius 1 is 1.15 bits per heavy atom. The van der Waals surface area contributed by atoms with E-state index in [0.717, 1.165) is 0 Å². The van der Waals surface area contributed by atoms with E-state index in [2.05, 4.69) is 4.99 Å². The standard InChI is InChI=1S/C18H31N3O5/c1-17(2,3)25-15(23)19-14-20(7)12-13(10-8-9-11-22)21(14)16(24)26-18(4,5)6/h10,22H,8-9,11-12H2,1-7H3/b13-10-,19-14+. The molecule has 8 nitrogen and oxygen atoms in total. The molecule has 0 saturated carbocycles. The number of hydrogen-bond donors (Lipinski definition) is 1. The number of carbonyl (C=O) groups excluding carboxylic acids is 2. The zero-order valence-corrected chi connectivity index (χ0v) is 16.8. The van der Waals surface area contributed by atoms with Crippen molar-refractivity contribution < 1.29 is 24.2 Å². The summed E-state index contributed by atoms with van der Waals surface area (Å²) < 4.78 is 10.7. The fourth-order valence-electron chi connectivity index (χ4n) is 2.21. The first-order valence-electron chi connectivity index (χ1n) is 8.70. The molecule has 0 spiro atoms. The molecule has 1 N–H and O–H groups in total. The third kappa shape index (κ3) is 7.03. The van der Waals surface area contributed by atoms with E-state index in [0.29, 0.717) is 25.1 Å². The van der Waals surface area contributed by atoms with E-state index in [-0.39, 0.29) is 12.6 Å². The van der Waals surface area contributed by atoms with E-state index >= 15 is 0 Å². The minimum Gasteiger partial charge on any atom is -0.443 e. The smallest absolute Gasteiger partial charge is 0.437 e. The average Bonchev–Trinajstić information content (AvgIpc) is 2.71. The third-order valence-electron chi connectivity index (χ3n) is 3.13. The van der Waals surface area contributed by atoms with Gasteiger partial charge in [0.2, 0.25) is 5.96 Å². The second kappa shape index (κ2) is 8.53. The Kier molecular flexibility index (Phi) is 7.20. The second-order valence-electron chi connectivity index (χ2n) is 8.13. The molecule has 0 aromatic carbocycles. The van der Waals surface area contributed by atoms with Crippen molar-refractivity contribution in [3.63, 3.8) is 0 Å². The molecule has 0 unspecified atom stereocenters. The number of unbranched alkanes of at least 4 members (excludes halogenated alkanes) is 1. The molecule has 0 aliphatic carbocycles. The summed E-state index contributed by atoms with van der Waals surface area (Å²) in [5.41, 5.74) is -0.724. The summed E-state index contributed by atoms with van der Waals surface area (Å²) in [6, 6.07) is 0. The maximum absolute atomic E-state index is 12.7. The van der Waals surface area contributed by atoms with Crippen LogP contribution in [0, 0.1) is 0 Å². The van der Waals surface area contributed by atoms with Crippen LogP contribution in [0.3, 0.4) is 0 Å². The number of hydrogen-bond acceptors (Lipinski definition) is 5. The summed E-state index contributed by atoms with van der Waals surface area (Å²) in [4.78, 5) is 31.7. The first kappa shape index (κ1) is 22.0. The summed E-state index contributed by atoms with van der Waals surface area (Å²) in [6.45, 7) is 11.0. The topological polar surface area (TPSA) is 91.7 Å². The molecule has 1 rings (SSSR count). The van der Waals surface area contributed by atoms with E-state index in [9.17, 15) is 9.59 Å². The van der Waals surface area contributed by atoms with Gasteiger partial charge in [-0.25, -0.2) is 14.5 Å². The first-order valence-corrected chi connectivity index (χ1v) is 8.70. The fraction of sp³-hybridized carbons (Fsp3) is 0.722. The van der Waals surface area contributed by atoms with Crippen molar-refractivity contribution in [1.29, 1.82) is 0 Å². The number of amides is 2. The number of ether oxygens (including phenoxy) is 2. The molecular formula is C18H31N3O5.